The number of hydrogen-bond donors (Lipinski definition) is 1. The van der Waals surface area contributed by atoms with Gasteiger partial charge < -0.3 is 10.2 Å². The summed E-state index contributed by atoms with van der Waals surface area (Å²) in [6, 6.07) is 8.65. The van der Waals surface area contributed by atoms with Gasteiger partial charge in [0.05, 0.1) is 27.0 Å². The van der Waals surface area contributed by atoms with Crippen molar-refractivity contribution >= 4 is 73.9 Å². The first kappa shape index (κ1) is 30.5. The number of amides is 2. The number of nitrogens with one attached hydrogen (secondary N) is 1. The monoisotopic (exact) mass is 595 g/mol. The predicted octanol–water partition coefficient (Wildman–Crippen LogP) is 5.79. The molecule has 2 rings (SSSR count). The number of carbonyl (C=O) groups is 2. The third kappa shape index (κ3) is 8.70. The van der Waals surface area contributed by atoms with Crippen LogP contribution in [0, 0.1) is 0 Å². The van der Waals surface area contributed by atoms with Crippen molar-refractivity contribution in [1.29, 1.82) is 0 Å². The molecule has 36 heavy (non-hydrogen) atoms. The number of sulfonamides is 1. The predicted molar refractivity (Wildman–Crippen MR) is 148 cm³/mol. The molecule has 1 unspecified atom stereocenters. The van der Waals surface area contributed by atoms with E-state index in [-0.39, 0.29) is 54.5 Å². The van der Waals surface area contributed by atoms with E-state index in [1.807, 2.05) is 13.8 Å². The van der Waals surface area contributed by atoms with Crippen LogP contribution in [0.4, 0.5) is 5.69 Å². The lowest BCUT2D eigenvalue weighted by atomic mass is 10.1. The van der Waals surface area contributed by atoms with Crippen LogP contribution in [0.5, 0.6) is 0 Å². The number of nitrogens with zero attached hydrogens (tertiary/aromatic N) is 2. The molecule has 0 aromatic heterocycles. The SMILES string of the molecule is CC(C)NC(=O)C(C)N(Cc1ccc(Cl)c(Cl)c1)C(=O)CCCN(c1cc(Cl)ccc1Cl)S(C)(=O)=O. The van der Waals surface area contributed by atoms with Crippen LogP contribution in [0.1, 0.15) is 39.2 Å². The van der Waals surface area contributed by atoms with Gasteiger partial charge in [0.25, 0.3) is 0 Å². The molecule has 0 heterocycles. The Morgan fingerprint density at radius 1 is 0.944 bits per heavy atom. The van der Waals surface area contributed by atoms with Gasteiger partial charge >= 0.3 is 0 Å². The second-order valence-electron chi connectivity index (χ2n) is 8.64. The van der Waals surface area contributed by atoms with E-state index >= 15 is 0 Å². The van der Waals surface area contributed by atoms with Crippen LogP contribution in [0.25, 0.3) is 0 Å². The van der Waals surface area contributed by atoms with Crippen LogP contribution < -0.4 is 9.62 Å². The molecule has 0 aliphatic carbocycles. The summed E-state index contributed by atoms with van der Waals surface area (Å²) in [4.78, 5) is 27.4. The van der Waals surface area contributed by atoms with E-state index in [4.69, 9.17) is 46.4 Å². The third-order valence-electron chi connectivity index (χ3n) is 5.26. The summed E-state index contributed by atoms with van der Waals surface area (Å²) in [5.41, 5.74) is 0.932. The minimum absolute atomic E-state index is 0.00216. The van der Waals surface area contributed by atoms with Crippen molar-refractivity contribution in [3.05, 3.63) is 62.1 Å². The van der Waals surface area contributed by atoms with Crippen molar-refractivity contribution in [2.45, 2.75) is 52.2 Å². The van der Waals surface area contributed by atoms with E-state index in [0.717, 1.165) is 10.6 Å². The molecule has 0 spiro atoms. The first-order valence-corrected chi connectivity index (χ1v) is 14.5. The maximum absolute atomic E-state index is 13.3. The molecule has 0 fully saturated rings. The van der Waals surface area contributed by atoms with Crippen molar-refractivity contribution in [3.8, 4) is 0 Å². The highest BCUT2D eigenvalue weighted by Crippen LogP contribution is 2.31. The summed E-state index contributed by atoms with van der Waals surface area (Å²) in [6.07, 6.45) is 1.23. The van der Waals surface area contributed by atoms with Crippen molar-refractivity contribution in [3.63, 3.8) is 0 Å². The van der Waals surface area contributed by atoms with Gasteiger partial charge in [0, 0.05) is 30.6 Å². The van der Waals surface area contributed by atoms with Crippen molar-refractivity contribution in [2.24, 2.45) is 0 Å². The van der Waals surface area contributed by atoms with Gasteiger partial charge in [-0.05, 0) is 63.1 Å². The quantitative estimate of drug-likeness (QED) is 0.356. The zero-order valence-electron chi connectivity index (χ0n) is 20.4. The van der Waals surface area contributed by atoms with Crippen LogP contribution in [0.3, 0.4) is 0 Å². The molecule has 2 amide bonds. The molecule has 198 valence electrons. The Labute approximate surface area is 232 Å². The van der Waals surface area contributed by atoms with Crippen LogP contribution in [0.15, 0.2) is 36.4 Å². The van der Waals surface area contributed by atoms with Gasteiger partial charge in [0.2, 0.25) is 21.8 Å². The van der Waals surface area contributed by atoms with Crippen molar-refractivity contribution < 1.29 is 18.0 Å². The molecule has 2 aromatic rings. The lowest BCUT2D eigenvalue weighted by Gasteiger charge is -2.30. The maximum atomic E-state index is 13.3. The lowest BCUT2D eigenvalue weighted by molar-refractivity contribution is -0.140. The smallest absolute Gasteiger partial charge is 0.242 e. The molecule has 1 N–H and O–H groups in total. The van der Waals surface area contributed by atoms with Gasteiger partial charge in [-0.25, -0.2) is 8.42 Å². The highest BCUT2D eigenvalue weighted by Gasteiger charge is 2.27. The number of benzene rings is 2. The number of carbonyl (C=O) groups excluding carboxylic acids is 2. The van der Waals surface area contributed by atoms with Gasteiger partial charge in [-0.1, -0.05) is 52.5 Å². The third-order valence-corrected chi connectivity index (χ3v) is 7.74. The van der Waals surface area contributed by atoms with E-state index in [2.05, 4.69) is 5.32 Å². The fourth-order valence-corrected chi connectivity index (χ4v) is 5.21. The summed E-state index contributed by atoms with van der Waals surface area (Å²) in [6.45, 7) is 5.42. The summed E-state index contributed by atoms with van der Waals surface area (Å²) in [5.74, 6) is -0.625. The second-order valence-corrected chi connectivity index (χ2v) is 12.2. The standard InChI is InChI=1S/C24H29Cl4N3O4S/c1-15(2)29-24(33)16(3)30(14-17-7-9-19(26)21(28)12-17)23(32)6-5-11-31(36(4,34)35)22-13-18(25)8-10-20(22)27/h7-10,12-13,15-16H,5-6,11,14H2,1-4H3,(H,29,33). The highest BCUT2D eigenvalue weighted by molar-refractivity contribution is 7.92. The second kappa shape index (κ2) is 13.2. The maximum Gasteiger partial charge on any atom is 0.242 e. The number of rotatable bonds is 11. The van der Waals surface area contributed by atoms with Gasteiger partial charge in [-0.15, -0.1) is 0 Å². The van der Waals surface area contributed by atoms with E-state index < -0.39 is 16.1 Å². The Hall–Kier alpha value is -1.71. The van der Waals surface area contributed by atoms with E-state index in [1.165, 1.54) is 17.0 Å². The highest BCUT2D eigenvalue weighted by atomic mass is 35.5. The Bertz CT molecular complexity index is 1210. The molecular weight excluding hydrogens is 568 g/mol. The summed E-state index contributed by atoms with van der Waals surface area (Å²) >= 11 is 24.4. The van der Waals surface area contributed by atoms with Crippen LogP contribution >= 0.6 is 46.4 Å². The number of hydrogen-bond acceptors (Lipinski definition) is 4. The first-order chi connectivity index (χ1) is 16.7. The fourth-order valence-electron chi connectivity index (χ4n) is 3.48. The van der Waals surface area contributed by atoms with Gasteiger partial charge in [-0.2, -0.15) is 0 Å². The van der Waals surface area contributed by atoms with E-state index in [0.29, 0.717) is 20.6 Å². The van der Waals surface area contributed by atoms with Crippen LogP contribution in [-0.2, 0) is 26.2 Å². The molecule has 0 saturated heterocycles. The minimum Gasteiger partial charge on any atom is -0.352 e. The van der Waals surface area contributed by atoms with Crippen LogP contribution in [0.2, 0.25) is 20.1 Å². The van der Waals surface area contributed by atoms with Crippen molar-refractivity contribution in [2.75, 3.05) is 17.1 Å². The zero-order valence-corrected chi connectivity index (χ0v) is 24.2. The molecule has 0 aliphatic heterocycles. The first-order valence-electron chi connectivity index (χ1n) is 11.2. The summed E-state index contributed by atoms with van der Waals surface area (Å²) in [5, 5.41) is 4.08. The molecule has 0 bridgehead atoms. The Kier molecular flexibility index (Phi) is 11.2. The summed E-state index contributed by atoms with van der Waals surface area (Å²) in [7, 11) is -3.70. The van der Waals surface area contributed by atoms with E-state index in [1.54, 1.807) is 31.2 Å². The average Bonchev–Trinajstić information content (AvgIpc) is 2.77. The molecule has 0 aliphatic rings. The molecule has 7 nitrogen and oxygen atoms in total. The molecule has 2 aromatic carbocycles. The largest absolute Gasteiger partial charge is 0.352 e. The summed E-state index contributed by atoms with van der Waals surface area (Å²) < 4.78 is 26.0. The Morgan fingerprint density at radius 2 is 1.58 bits per heavy atom. The Morgan fingerprint density at radius 3 is 2.17 bits per heavy atom. The van der Waals surface area contributed by atoms with Crippen LogP contribution in [-0.4, -0.2) is 50.0 Å². The van der Waals surface area contributed by atoms with E-state index in [9.17, 15) is 18.0 Å². The lowest BCUT2D eigenvalue weighted by Crippen LogP contribution is -2.49. The fraction of sp³-hybridized carbons (Fsp3) is 0.417. The van der Waals surface area contributed by atoms with Gasteiger partial charge in [-0.3, -0.25) is 13.9 Å². The molecular formula is C24H29Cl4N3O4S. The number of halogens is 4. The van der Waals surface area contributed by atoms with Gasteiger partial charge in [0.15, 0.2) is 0 Å². The minimum atomic E-state index is -3.70. The molecule has 0 radical (unpaired) electrons. The van der Waals surface area contributed by atoms with Crippen molar-refractivity contribution in [1.82, 2.24) is 10.2 Å². The molecule has 0 saturated carbocycles. The molecule has 12 heteroatoms. The zero-order chi connectivity index (χ0) is 27.2. The number of anilines is 1. The van der Waals surface area contributed by atoms with Gasteiger partial charge in [0.1, 0.15) is 6.04 Å². The topological polar surface area (TPSA) is 86.8 Å². The Balaban J connectivity index is 2.23. The normalized spacial score (nSPS) is 12.4. The average molecular weight is 597 g/mol. The molecule has 1 atom stereocenters.